The molecular weight excluding hydrogens is 164 g/mol. The van der Waals surface area contributed by atoms with Crippen molar-refractivity contribution in [2.24, 2.45) is 0 Å². The Morgan fingerprint density at radius 2 is 2.23 bits per heavy atom. The van der Waals surface area contributed by atoms with Crippen molar-refractivity contribution in [1.82, 2.24) is 0 Å². The van der Waals surface area contributed by atoms with Crippen molar-refractivity contribution in [3.8, 4) is 5.75 Å². The van der Waals surface area contributed by atoms with Crippen molar-refractivity contribution in [3.05, 3.63) is 29.3 Å². The Balaban J connectivity index is 2.44. The lowest BCUT2D eigenvalue weighted by Crippen LogP contribution is -2.28. The second kappa shape index (κ2) is 3.04. The second-order valence-electron chi connectivity index (χ2n) is 3.71. The highest BCUT2D eigenvalue weighted by Crippen LogP contribution is 2.33. The van der Waals surface area contributed by atoms with Gasteiger partial charge in [-0.1, -0.05) is 19.1 Å². The number of fused-ring (bicyclic) bond motifs is 1. The molecule has 1 N–H and O–H groups in total. The molecule has 1 heterocycles. The first-order valence-electron chi connectivity index (χ1n) is 4.60. The van der Waals surface area contributed by atoms with Gasteiger partial charge in [0.1, 0.15) is 12.4 Å². The van der Waals surface area contributed by atoms with Crippen molar-refractivity contribution < 1.29 is 9.84 Å². The molecule has 0 saturated heterocycles. The summed E-state index contributed by atoms with van der Waals surface area (Å²) in [5.74, 6) is 1.11. The van der Waals surface area contributed by atoms with Crippen LogP contribution in [0.4, 0.5) is 0 Å². The van der Waals surface area contributed by atoms with Crippen LogP contribution in [-0.4, -0.2) is 17.8 Å². The average Bonchev–Trinajstić information content (AvgIpc) is 2.12. The molecule has 1 aliphatic rings. The Kier molecular flexibility index (Phi) is 2.00. The van der Waals surface area contributed by atoms with Crippen LogP contribution in [0.5, 0.6) is 5.75 Å². The molecule has 0 spiro atoms. The summed E-state index contributed by atoms with van der Waals surface area (Å²) in [4.78, 5) is 0. The number of hydrogen-bond acceptors (Lipinski definition) is 2. The van der Waals surface area contributed by atoms with E-state index in [0.29, 0.717) is 6.61 Å². The van der Waals surface area contributed by atoms with E-state index in [-0.39, 0.29) is 12.0 Å². The molecule has 1 aromatic rings. The molecule has 2 nitrogen and oxygen atoms in total. The van der Waals surface area contributed by atoms with Gasteiger partial charge in [-0.05, 0) is 24.1 Å². The predicted octanol–water partition coefficient (Wildman–Crippen LogP) is 1.85. The summed E-state index contributed by atoms with van der Waals surface area (Å²) in [6, 6.07) is 6.12. The number of rotatable bonds is 0. The molecule has 13 heavy (non-hydrogen) atoms. The van der Waals surface area contributed by atoms with Crippen LogP contribution >= 0.6 is 0 Å². The van der Waals surface area contributed by atoms with E-state index in [1.807, 2.05) is 26.0 Å². The van der Waals surface area contributed by atoms with Gasteiger partial charge in [0.05, 0.1) is 6.10 Å². The summed E-state index contributed by atoms with van der Waals surface area (Å²) in [5.41, 5.74) is 2.31. The van der Waals surface area contributed by atoms with E-state index < -0.39 is 0 Å². The number of benzene rings is 1. The SMILES string of the molecule is Cc1ccc2c(c1)OCC(O)C2C. The summed E-state index contributed by atoms with van der Waals surface area (Å²) >= 11 is 0. The minimum absolute atomic E-state index is 0.185. The molecule has 0 radical (unpaired) electrons. The topological polar surface area (TPSA) is 29.5 Å². The second-order valence-corrected chi connectivity index (χ2v) is 3.71. The third kappa shape index (κ3) is 1.42. The van der Waals surface area contributed by atoms with Crippen LogP contribution in [0.15, 0.2) is 18.2 Å². The first kappa shape index (κ1) is 8.57. The van der Waals surface area contributed by atoms with Crippen LogP contribution in [0, 0.1) is 6.92 Å². The lowest BCUT2D eigenvalue weighted by molar-refractivity contribution is 0.0713. The number of aliphatic hydroxyl groups excluding tert-OH is 1. The predicted molar refractivity (Wildman–Crippen MR) is 51.1 cm³/mol. The van der Waals surface area contributed by atoms with Crippen LogP contribution in [-0.2, 0) is 0 Å². The Bertz CT molecular complexity index is 320. The zero-order valence-corrected chi connectivity index (χ0v) is 7.95. The van der Waals surface area contributed by atoms with E-state index in [2.05, 4.69) is 6.07 Å². The summed E-state index contributed by atoms with van der Waals surface area (Å²) in [7, 11) is 0. The van der Waals surface area contributed by atoms with Crippen LogP contribution in [0.2, 0.25) is 0 Å². The Morgan fingerprint density at radius 3 is 3.00 bits per heavy atom. The fourth-order valence-corrected chi connectivity index (χ4v) is 1.67. The third-order valence-corrected chi connectivity index (χ3v) is 2.65. The van der Waals surface area contributed by atoms with Gasteiger partial charge in [-0.2, -0.15) is 0 Å². The minimum atomic E-state index is -0.366. The van der Waals surface area contributed by atoms with Gasteiger partial charge in [-0.15, -0.1) is 0 Å². The van der Waals surface area contributed by atoms with Crippen molar-refractivity contribution in [3.63, 3.8) is 0 Å². The molecule has 1 aliphatic heterocycles. The summed E-state index contributed by atoms with van der Waals surface area (Å²) in [5, 5.41) is 9.57. The summed E-state index contributed by atoms with van der Waals surface area (Å²) in [6.07, 6.45) is -0.366. The molecule has 0 bridgehead atoms. The fraction of sp³-hybridized carbons (Fsp3) is 0.455. The van der Waals surface area contributed by atoms with Gasteiger partial charge < -0.3 is 9.84 Å². The summed E-state index contributed by atoms with van der Waals surface area (Å²) in [6.45, 7) is 4.48. The van der Waals surface area contributed by atoms with E-state index in [9.17, 15) is 5.11 Å². The monoisotopic (exact) mass is 178 g/mol. The normalized spacial score (nSPS) is 26.4. The molecule has 0 fully saturated rings. The number of aliphatic hydroxyl groups is 1. The maximum absolute atomic E-state index is 9.57. The number of ether oxygens (including phenoxy) is 1. The maximum atomic E-state index is 9.57. The standard InChI is InChI=1S/C11H14O2/c1-7-3-4-9-8(2)10(12)6-13-11(9)5-7/h3-5,8,10,12H,6H2,1-2H3. The van der Waals surface area contributed by atoms with Crippen LogP contribution < -0.4 is 4.74 Å². The third-order valence-electron chi connectivity index (χ3n) is 2.65. The molecule has 1 aromatic carbocycles. The van der Waals surface area contributed by atoms with Gasteiger partial charge in [0.25, 0.3) is 0 Å². The Morgan fingerprint density at radius 1 is 1.46 bits per heavy atom. The fourth-order valence-electron chi connectivity index (χ4n) is 1.67. The van der Waals surface area contributed by atoms with Gasteiger partial charge in [-0.25, -0.2) is 0 Å². The van der Waals surface area contributed by atoms with Gasteiger partial charge in [-0.3, -0.25) is 0 Å². The van der Waals surface area contributed by atoms with Gasteiger partial charge in [0.2, 0.25) is 0 Å². The van der Waals surface area contributed by atoms with Crippen LogP contribution in [0.25, 0.3) is 0 Å². The molecule has 2 atom stereocenters. The molecule has 70 valence electrons. The van der Waals surface area contributed by atoms with Gasteiger partial charge >= 0.3 is 0 Å². The van der Waals surface area contributed by atoms with E-state index in [4.69, 9.17) is 4.74 Å². The van der Waals surface area contributed by atoms with Crippen LogP contribution in [0.3, 0.4) is 0 Å². The molecule has 0 amide bonds. The highest BCUT2D eigenvalue weighted by Gasteiger charge is 2.25. The first-order chi connectivity index (χ1) is 6.18. The number of aryl methyl sites for hydroxylation is 1. The first-order valence-corrected chi connectivity index (χ1v) is 4.60. The van der Waals surface area contributed by atoms with Crippen molar-refractivity contribution in [1.29, 1.82) is 0 Å². The molecule has 2 rings (SSSR count). The lowest BCUT2D eigenvalue weighted by Gasteiger charge is -2.27. The largest absolute Gasteiger partial charge is 0.491 e. The minimum Gasteiger partial charge on any atom is -0.491 e. The summed E-state index contributed by atoms with van der Waals surface area (Å²) < 4.78 is 5.44. The van der Waals surface area contributed by atoms with Crippen LogP contribution in [0.1, 0.15) is 24.0 Å². The molecular formula is C11H14O2. The zero-order chi connectivity index (χ0) is 9.42. The molecule has 2 heteroatoms. The van der Waals surface area contributed by atoms with E-state index in [0.717, 1.165) is 11.3 Å². The average molecular weight is 178 g/mol. The van der Waals surface area contributed by atoms with E-state index >= 15 is 0 Å². The molecule has 2 unspecified atom stereocenters. The van der Waals surface area contributed by atoms with Crippen molar-refractivity contribution in [2.75, 3.05) is 6.61 Å². The molecule has 0 aromatic heterocycles. The molecule has 0 saturated carbocycles. The Labute approximate surface area is 78.2 Å². The highest BCUT2D eigenvalue weighted by atomic mass is 16.5. The Hall–Kier alpha value is -1.02. The molecule has 0 aliphatic carbocycles. The van der Waals surface area contributed by atoms with E-state index in [1.54, 1.807) is 0 Å². The van der Waals surface area contributed by atoms with Gasteiger partial charge in [0, 0.05) is 5.92 Å². The van der Waals surface area contributed by atoms with E-state index in [1.165, 1.54) is 5.56 Å². The smallest absolute Gasteiger partial charge is 0.123 e. The van der Waals surface area contributed by atoms with Crippen molar-refractivity contribution in [2.45, 2.75) is 25.9 Å². The van der Waals surface area contributed by atoms with Crippen molar-refractivity contribution >= 4 is 0 Å². The quantitative estimate of drug-likeness (QED) is 0.657. The number of hydrogen-bond donors (Lipinski definition) is 1. The lowest BCUT2D eigenvalue weighted by atomic mass is 9.92. The highest BCUT2D eigenvalue weighted by molar-refractivity contribution is 5.41. The zero-order valence-electron chi connectivity index (χ0n) is 7.95. The maximum Gasteiger partial charge on any atom is 0.123 e. The van der Waals surface area contributed by atoms with Gasteiger partial charge in [0.15, 0.2) is 0 Å².